The standard InChI is InChI=1S/C10H15NOS2/c12-4-1-10-11-9(7-14-10)8-2-5-13-6-3-8/h7-8,12H,1-6H2. The van der Waals surface area contributed by atoms with Gasteiger partial charge in [0.25, 0.3) is 0 Å². The monoisotopic (exact) mass is 229 g/mol. The molecule has 1 aromatic heterocycles. The zero-order chi connectivity index (χ0) is 9.80. The van der Waals surface area contributed by atoms with Crippen LogP contribution < -0.4 is 0 Å². The van der Waals surface area contributed by atoms with Crippen LogP contribution in [0, 0.1) is 0 Å². The molecule has 1 aromatic rings. The summed E-state index contributed by atoms with van der Waals surface area (Å²) in [5.41, 5.74) is 1.26. The van der Waals surface area contributed by atoms with Gasteiger partial charge in [0.1, 0.15) is 0 Å². The van der Waals surface area contributed by atoms with E-state index >= 15 is 0 Å². The lowest BCUT2D eigenvalue weighted by Gasteiger charge is -2.19. The molecule has 0 spiro atoms. The summed E-state index contributed by atoms with van der Waals surface area (Å²) in [4.78, 5) is 4.57. The van der Waals surface area contributed by atoms with Gasteiger partial charge in [-0.2, -0.15) is 11.8 Å². The molecule has 0 bridgehead atoms. The first-order valence-electron chi connectivity index (χ1n) is 5.03. The van der Waals surface area contributed by atoms with E-state index in [0.717, 1.165) is 5.01 Å². The predicted octanol–water partition coefficient (Wildman–Crippen LogP) is 2.29. The van der Waals surface area contributed by atoms with E-state index in [-0.39, 0.29) is 6.61 Å². The largest absolute Gasteiger partial charge is 0.396 e. The summed E-state index contributed by atoms with van der Waals surface area (Å²) in [6.45, 7) is 0.216. The summed E-state index contributed by atoms with van der Waals surface area (Å²) in [6.07, 6.45) is 3.26. The minimum Gasteiger partial charge on any atom is -0.396 e. The van der Waals surface area contributed by atoms with E-state index in [4.69, 9.17) is 5.11 Å². The minimum atomic E-state index is 0.216. The first-order valence-corrected chi connectivity index (χ1v) is 7.06. The van der Waals surface area contributed by atoms with Crippen LogP contribution in [-0.2, 0) is 6.42 Å². The average molecular weight is 229 g/mol. The molecular weight excluding hydrogens is 214 g/mol. The van der Waals surface area contributed by atoms with E-state index in [1.165, 1.54) is 30.0 Å². The van der Waals surface area contributed by atoms with Gasteiger partial charge in [-0.25, -0.2) is 4.98 Å². The molecule has 2 rings (SSSR count). The number of rotatable bonds is 3. The Kier molecular flexibility index (Phi) is 3.84. The number of aliphatic hydroxyl groups excluding tert-OH is 1. The fourth-order valence-corrected chi connectivity index (χ4v) is 3.69. The van der Waals surface area contributed by atoms with Crippen molar-refractivity contribution in [2.45, 2.75) is 25.2 Å². The zero-order valence-electron chi connectivity index (χ0n) is 8.11. The van der Waals surface area contributed by atoms with Crippen molar-refractivity contribution in [2.24, 2.45) is 0 Å². The highest BCUT2D eigenvalue weighted by Crippen LogP contribution is 2.31. The van der Waals surface area contributed by atoms with E-state index in [9.17, 15) is 0 Å². The topological polar surface area (TPSA) is 33.1 Å². The number of thiazole rings is 1. The number of aromatic nitrogens is 1. The Hall–Kier alpha value is -0.0600. The van der Waals surface area contributed by atoms with Gasteiger partial charge < -0.3 is 5.11 Å². The van der Waals surface area contributed by atoms with Crippen LogP contribution in [0.25, 0.3) is 0 Å². The van der Waals surface area contributed by atoms with Gasteiger partial charge in [0.2, 0.25) is 0 Å². The maximum absolute atomic E-state index is 8.80. The average Bonchev–Trinajstić information content (AvgIpc) is 2.68. The lowest BCUT2D eigenvalue weighted by Crippen LogP contribution is -2.08. The van der Waals surface area contributed by atoms with Gasteiger partial charge in [0, 0.05) is 24.3 Å². The first-order chi connectivity index (χ1) is 6.90. The predicted molar refractivity (Wildman–Crippen MR) is 62.2 cm³/mol. The summed E-state index contributed by atoms with van der Waals surface area (Å²) in [6, 6.07) is 0. The molecule has 14 heavy (non-hydrogen) atoms. The zero-order valence-corrected chi connectivity index (χ0v) is 9.74. The SMILES string of the molecule is OCCc1nc(C2CCSCC2)cs1. The van der Waals surface area contributed by atoms with Gasteiger partial charge in [-0.1, -0.05) is 0 Å². The van der Waals surface area contributed by atoms with Gasteiger partial charge in [-0.3, -0.25) is 0 Å². The Labute approximate surface area is 92.8 Å². The molecule has 1 N–H and O–H groups in total. The smallest absolute Gasteiger partial charge is 0.0951 e. The fourth-order valence-electron chi connectivity index (χ4n) is 1.72. The Morgan fingerprint density at radius 3 is 2.93 bits per heavy atom. The third-order valence-corrected chi connectivity index (χ3v) is 4.51. The van der Waals surface area contributed by atoms with Crippen molar-refractivity contribution >= 4 is 23.1 Å². The van der Waals surface area contributed by atoms with Crippen molar-refractivity contribution in [1.29, 1.82) is 0 Å². The Bertz CT molecular complexity index is 281. The van der Waals surface area contributed by atoms with Gasteiger partial charge in [0.05, 0.1) is 10.7 Å². The highest BCUT2D eigenvalue weighted by Gasteiger charge is 2.18. The quantitative estimate of drug-likeness (QED) is 0.863. The molecule has 0 atom stereocenters. The third kappa shape index (κ3) is 2.49. The van der Waals surface area contributed by atoms with E-state index in [1.54, 1.807) is 11.3 Å². The number of aliphatic hydroxyl groups is 1. The second kappa shape index (κ2) is 5.14. The molecule has 1 saturated heterocycles. The van der Waals surface area contributed by atoms with Gasteiger partial charge in [-0.15, -0.1) is 11.3 Å². The maximum Gasteiger partial charge on any atom is 0.0951 e. The van der Waals surface area contributed by atoms with Crippen LogP contribution in [-0.4, -0.2) is 28.2 Å². The molecule has 0 aliphatic carbocycles. The van der Waals surface area contributed by atoms with Crippen molar-refractivity contribution in [1.82, 2.24) is 4.98 Å². The molecular formula is C10H15NOS2. The summed E-state index contributed by atoms with van der Waals surface area (Å²) in [5.74, 6) is 3.23. The van der Waals surface area contributed by atoms with Crippen LogP contribution in [0.1, 0.15) is 29.5 Å². The van der Waals surface area contributed by atoms with E-state index in [2.05, 4.69) is 10.4 Å². The Morgan fingerprint density at radius 1 is 1.43 bits per heavy atom. The number of hydrogen-bond donors (Lipinski definition) is 1. The summed E-state index contributed by atoms with van der Waals surface area (Å²) >= 11 is 3.74. The highest BCUT2D eigenvalue weighted by atomic mass is 32.2. The van der Waals surface area contributed by atoms with E-state index in [0.29, 0.717) is 12.3 Å². The van der Waals surface area contributed by atoms with E-state index in [1.807, 2.05) is 11.8 Å². The molecule has 0 saturated carbocycles. The molecule has 1 fully saturated rings. The number of hydrogen-bond acceptors (Lipinski definition) is 4. The lowest BCUT2D eigenvalue weighted by molar-refractivity contribution is 0.299. The van der Waals surface area contributed by atoms with Crippen LogP contribution in [0.15, 0.2) is 5.38 Å². The van der Waals surface area contributed by atoms with Crippen LogP contribution in [0.4, 0.5) is 0 Å². The first kappa shape index (κ1) is 10.5. The molecule has 2 heterocycles. The molecule has 0 amide bonds. The second-order valence-corrected chi connectivity index (χ2v) is 5.69. The van der Waals surface area contributed by atoms with Crippen molar-refractivity contribution in [3.63, 3.8) is 0 Å². The maximum atomic E-state index is 8.80. The Morgan fingerprint density at radius 2 is 2.21 bits per heavy atom. The lowest BCUT2D eigenvalue weighted by atomic mass is 10.00. The molecule has 0 aromatic carbocycles. The van der Waals surface area contributed by atoms with Crippen LogP contribution in [0.5, 0.6) is 0 Å². The molecule has 1 aliphatic heterocycles. The highest BCUT2D eigenvalue weighted by molar-refractivity contribution is 7.99. The van der Waals surface area contributed by atoms with Crippen molar-refractivity contribution in [3.05, 3.63) is 16.1 Å². The molecule has 2 nitrogen and oxygen atoms in total. The number of thioether (sulfide) groups is 1. The van der Waals surface area contributed by atoms with Gasteiger partial charge in [-0.05, 0) is 24.3 Å². The molecule has 0 radical (unpaired) electrons. The van der Waals surface area contributed by atoms with Gasteiger partial charge in [0.15, 0.2) is 0 Å². The number of nitrogens with zero attached hydrogens (tertiary/aromatic N) is 1. The van der Waals surface area contributed by atoms with Crippen LogP contribution in [0.2, 0.25) is 0 Å². The Balaban J connectivity index is 2.00. The van der Waals surface area contributed by atoms with Crippen molar-refractivity contribution in [3.8, 4) is 0 Å². The second-order valence-electron chi connectivity index (χ2n) is 3.53. The van der Waals surface area contributed by atoms with Crippen molar-refractivity contribution < 1.29 is 5.11 Å². The van der Waals surface area contributed by atoms with Crippen molar-refractivity contribution in [2.75, 3.05) is 18.1 Å². The molecule has 4 heteroatoms. The summed E-state index contributed by atoms with van der Waals surface area (Å²) in [5, 5.41) is 12.1. The molecule has 0 unspecified atom stereocenters. The third-order valence-electron chi connectivity index (χ3n) is 2.53. The summed E-state index contributed by atoms with van der Waals surface area (Å²) < 4.78 is 0. The normalized spacial score (nSPS) is 18.6. The van der Waals surface area contributed by atoms with Gasteiger partial charge >= 0.3 is 0 Å². The minimum absolute atomic E-state index is 0.216. The summed E-state index contributed by atoms with van der Waals surface area (Å²) in [7, 11) is 0. The van der Waals surface area contributed by atoms with Crippen LogP contribution in [0.3, 0.4) is 0 Å². The van der Waals surface area contributed by atoms with Crippen LogP contribution >= 0.6 is 23.1 Å². The molecule has 1 aliphatic rings. The van der Waals surface area contributed by atoms with E-state index < -0.39 is 0 Å². The fraction of sp³-hybridized carbons (Fsp3) is 0.700. The molecule has 78 valence electrons.